The third-order valence-corrected chi connectivity index (χ3v) is 1.57. The molecule has 0 bridgehead atoms. The van der Waals surface area contributed by atoms with Gasteiger partial charge in [-0.1, -0.05) is 0 Å². The van der Waals surface area contributed by atoms with Crippen molar-refractivity contribution < 1.29 is 0 Å². The molecule has 2 aromatic rings. The Hall–Kier alpha value is -2.22. The molecule has 0 aliphatic rings. The Labute approximate surface area is 74.3 Å². The molecule has 2 heterocycles. The number of imidazole rings is 1. The Kier molecular flexibility index (Phi) is 1.73. The van der Waals surface area contributed by atoms with E-state index in [1.807, 2.05) is 6.07 Å². The van der Waals surface area contributed by atoms with Crippen LogP contribution in [0, 0.1) is 11.3 Å². The Morgan fingerprint density at radius 2 is 2.31 bits per heavy atom. The van der Waals surface area contributed by atoms with Gasteiger partial charge in [-0.05, 0) is 6.07 Å². The lowest BCUT2D eigenvalue weighted by atomic mass is 10.3. The molecule has 0 atom stereocenters. The van der Waals surface area contributed by atoms with Crippen molar-refractivity contribution in [3.63, 3.8) is 0 Å². The summed E-state index contributed by atoms with van der Waals surface area (Å²) in [6, 6.07) is 3.65. The SMILES string of the molecule is N#Cc1ccnnc1-n1ccnc1. The molecular weight excluding hydrogens is 166 g/mol. The molecule has 0 N–H and O–H groups in total. The fourth-order valence-corrected chi connectivity index (χ4v) is 0.987. The van der Waals surface area contributed by atoms with Crippen molar-refractivity contribution in [3.8, 4) is 11.9 Å². The summed E-state index contributed by atoms with van der Waals surface area (Å²) >= 11 is 0. The van der Waals surface area contributed by atoms with Crippen molar-refractivity contribution in [3.05, 3.63) is 36.5 Å². The summed E-state index contributed by atoms with van der Waals surface area (Å²) in [4.78, 5) is 3.86. The van der Waals surface area contributed by atoms with Gasteiger partial charge in [-0.15, -0.1) is 5.10 Å². The zero-order chi connectivity index (χ0) is 9.10. The van der Waals surface area contributed by atoms with Crippen molar-refractivity contribution in [2.45, 2.75) is 0 Å². The number of hydrogen-bond donors (Lipinski definition) is 0. The predicted molar refractivity (Wildman–Crippen MR) is 43.9 cm³/mol. The Morgan fingerprint density at radius 3 is 3.00 bits per heavy atom. The Morgan fingerprint density at radius 1 is 1.38 bits per heavy atom. The second-order valence-electron chi connectivity index (χ2n) is 2.35. The van der Waals surface area contributed by atoms with Crippen LogP contribution in [0.2, 0.25) is 0 Å². The van der Waals surface area contributed by atoms with Gasteiger partial charge in [0.15, 0.2) is 5.82 Å². The molecule has 0 aliphatic heterocycles. The molecule has 0 saturated carbocycles. The van der Waals surface area contributed by atoms with E-state index in [9.17, 15) is 0 Å². The van der Waals surface area contributed by atoms with Crippen LogP contribution in [0.25, 0.3) is 5.82 Å². The van der Waals surface area contributed by atoms with E-state index in [4.69, 9.17) is 5.26 Å². The minimum Gasteiger partial charge on any atom is -0.288 e. The maximum Gasteiger partial charge on any atom is 0.178 e. The lowest BCUT2D eigenvalue weighted by molar-refractivity contribution is 0.906. The highest BCUT2D eigenvalue weighted by atomic mass is 15.2. The highest BCUT2D eigenvalue weighted by Crippen LogP contribution is 2.07. The standard InChI is InChI=1S/C8H5N5/c9-5-7-1-2-11-12-8(7)13-4-3-10-6-13/h1-4,6H. The van der Waals surface area contributed by atoms with Gasteiger partial charge in [0.05, 0.1) is 11.8 Å². The summed E-state index contributed by atoms with van der Waals surface area (Å²) in [6.45, 7) is 0. The molecule has 0 radical (unpaired) electrons. The van der Waals surface area contributed by atoms with Crippen molar-refractivity contribution in [2.24, 2.45) is 0 Å². The first-order valence-electron chi connectivity index (χ1n) is 3.62. The van der Waals surface area contributed by atoms with Crippen molar-refractivity contribution in [1.29, 1.82) is 5.26 Å². The number of nitriles is 1. The number of rotatable bonds is 1. The highest BCUT2D eigenvalue weighted by Gasteiger charge is 2.03. The molecule has 0 aromatic carbocycles. The maximum absolute atomic E-state index is 8.77. The van der Waals surface area contributed by atoms with Crippen LogP contribution in [-0.2, 0) is 0 Å². The fraction of sp³-hybridized carbons (Fsp3) is 0. The molecule has 62 valence electrons. The van der Waals surface area contributed by atoms with E-state index in [-0.39, 0.29) is 0 Å². The van der Waals surface area contributed by atoms with Gasteiger partial charge in [0.25, 0.3) is 0 Å². The minimum absolute atomic E-state index is 0.480. The molecule has 0 spiro atoms. The molecule has 0 unspecified atom stereocenters. The van der Waals surface area contributed by atoms with E-state index in [0.29, 0.717) is 11.4 Å². The smallest absolute Gasteiger partial charge is 0.178 e. The average Bonchev–Trinajstić information content (AvgIpc) is 2.70. The van der Waals surface area contributed by atoms with E-state index in [1.54, 1.807) is 29.4 Å². The monoisotopic (exact) mass is 171 g/mol. The average molecular weight is 171 g/mol. The molecule has 0 saturated heterocycles. The van der Waals surface area contributed by atoms with Crippen LogP contribution in [0.4, 0.5) is 0 Å². The van der Waals surface area contributed by atoms with Crippen molar-refractivity contribution in [2.75, 3.05) is 0 Å². The largest absolute Gasteiger partial charge is 0.288 e. The van der Waals surface area contributed by atoms with Gasteiger partial charge in [-0.2, -0.15) is 10.4 Å². The first kappa shape index (κ1) is 7.43. The summed E-state index contributed by atoms with van der Waals surface area (Å²) < 4.78 is 1.64. The van der Waals surface area contributed by atoms with Crippen LogP contribution in [0.15, 0.2) is 31.0 Å². The molecule has 13 heavy (non-hydrogen) atoms. The number of nitrogens with zero attached hydrogens (tertiary/aromatic N) is 5. The molecular formula is C8H5N5. The van der Waals surface area contributed by atoms with Gasteiger partial charge in [0, 0.05) is 12.4 Å². The van der Waals surface area contributed by atoms with Crippen LogP contribution >= 0.6 is 0 Å². The summed E-state index contributed by atoms with van der Waals surface area (Å²) in [5.41, 5.74) is 0.480. The minimum atomic E-state index is 0.480. The predicted octanol–water partition coefficient (Wildman–Crippen LogP) is 0.534. The summed E-state index contributed by atoms with van der Waals surface area (Å²) in [5, 5.41) is 16.3. The van der Waals surface area contributed by atoms with Gasteiger partial charge >= 0.3 is 0 Å². The topological polar surface area (TPSA) is 67.4 Å². The Balaban J connectivity index is 2.59. The van der Waals surface area contributed by atoms with Crippen LogP contribution in [-0.4, -0.2) is 19.7 Å². The van der Waals surface area contributed by atoms with Gasteiger partial charge in [-0.25, -0.2) is 4.98 Å². The maximum atomic E-state index is 8.77. The van der Waals surface area contributed by atoms with E-state index in [0.717, 1.165) is 0 Å². The molecule has 0 aliphatic carbocycles. The van der Waals surface area contributed by atoms with Crippen LogP contribution in [0.1, 0.15) is 5.56 Å². The lowest BCUT2D eigenvalue weighted by Crippen LogP contribution is -1.99. The summed E-state index contributed by atoms with van der Waals surface area (Å²) in [5.74, 6) is 0.502. The van der Waals surface area contributed by atoms with Gasteiger partial charge in [-0.3, -0.25) is 4.57 Å². The van der Waals surface area contributed by atoms with Gasteiger partial charge in [0.2, 0.25) is 0 Å². The van der Waals surface area contributed by atoms with Gasteiger partial charge in [0.1, 0.15) is 12.4 Å². The van der Waals surface area contributed by atoms with E-state index < -0.39 is 0 Å². The Bertz CT molecular complexity index is 440. The van der Waals surface area contributed by atoms with Crippen LogP contribution < -0.4 is 0 Å². The molecule has 5 heteroatoms. The number of hydrogen-bond acceptors (Lipinski definition) is 4. The second kappa shape index (κ2) is 3.03. The lowest BCUT2D eigenvalue weighted by Gasteiger charge is -1.99. The first-order chi connectivity index (χ1) is 6.42. The van der Waals surface area contributed by atoms with Crippen LogP contribution in [0.5, 0.6) is 0 Å². The molecule has 0 amide bonds. The number of aromatic nitrogens is 4. The fourth-order valence-electron chi connectivity index (χ4n) is 0.987. The zero-order valence-electron chi connectivity index (χ0n) is 6.62. The normalized spacial score (nSPS) is 9.46. The van der Waals surface area contributed by atoms with Crippen molar-refractivity contribution in [1.82, 2.24) is 19.7 Å². The zero-order valence-corrected chi connectivity index (χ0v) is 6.62. The van der Waals surface area contributed by atoms with Gasteiger partial charge < -0.3 is 0 Å². The molecule has 2 aromatic heterocycles. The molecule has 5 nitrogen and oxygen atoms in total. The van der Waals surface area contributed by atoms with E-state index in [1.165, 1.54) is 6.20 Å². The third-order valence-electron chi connectivity index (χ3n) is 1.57. The molecule has 0 fully saturated rings. The summed E-state index contributed by atoms with van der Waals surface area (Å²) in [6.07, 6.45) is 6.39. The van der Waals surface area contributed by atoms with E-state index in [2.05, 4.69) is 15.2 Å². The highest BCUT2D eigenvalue weighted by molar-refractivity contribution is 5.41. The second-order valence-corrected chi connectivity index (χ2v) is 2.35. The quantitative estimate of drug-likeness (QED) is 0.627. The van der Waals surface area contributed by atoms with Crippen LogP contribution in [0.3, 0.4) is 0 Å². The van der Waals surface area contributed by atoms with E-state index >= 15 is 0 Å². The molecule has 2 rings (SSSR count). The third kappa shape index (κ3) is 1.25. The summed E-state index contributed by atoms with van der Waals surface area (Å²) in [7, 11) is 0. The van der Waals surface area contributed by atoms with Crippen molar-refractivity contribution >= 4 is 0 Å². The first-order valence-corrected chi connectivity index (χ1v) is 3.62.